The summed E-state index contributed by atoms with van der Waals surface area (Å²) in [5.74, 6) is -0.108. The zero-order valence-electron chi connectivity index (χ0n) is 10.3. The Morgan fingerprint density at radius 3 is 2.89 bits per heavy atom. The van der Waals surface area contributed by atoms with Gasteiger partial charge in [-0.2, -0.15) is 0 Å². The van der Waals surface area contributed by atoms with Gasteiger partial charge in [0.15, 0.2) is 5.96 Å². The van der Waals surface area contributed by atoms with Crippen LogP contribution in [0.3, 0.4) is 0 Å². The number of nitrogens with zero attached hydrogens (tertiary/aromatic N) is 1. The molecule has 1 amide bonds. The predicted molar refractivity (Wildman–Crippen MR) is 70.2 cm³/mol. The molecule has 6 nitrogen and oxygen atoms in total. The van der Waals surface area contributed by atoms with Crippen LogP contribution in [0.25, 0.3) is 0 Å². The Bertz CT molecular complexity index is 432. The Kier molecular flexibility index (Phi) is 5.66. The maximum Gasteiger partial charge on any atom is 0.248 e. The molecule has 0 atom stereocenters. The molecule has 0 fully saturated rings. The van der Waals surface area contributed by atoms with Crippen LogP contribution in [0.4, 0.5) is 0 Å². The number of aliphatic imine (C=N–C) groups is 1. The minimum atomic E-state index is -0.452. The number of ether oxygens (including phenoxy) is 1. The maximum atomic E-state index is 11.0. The summed E-state index contributed by atoms with van der Waals surface area (Å²) in [7, 11) is 1.62. The van der Waals surface area contributed by atoms with Gasteiger partial charge in [0.2, 0.25) is 5.91 Å². The molecule has 0 spiro atoms. The second-order valence-electron chi connectivity index (χ2n) is 3.69. The molecule has 5 N–H and O–H groups in total. The van der Waals surface area contributed by atoms with Crippen LogP contribution in [-0.4, -0.2) is 32.1 Å². The van der Waals surface area contributed by atoms with E-state index in [0.717, 1.165) is 5.56 Å². The van der Waals surface area contributed by atoms with Crippen LogP contribution in [0.15, 0.2) is 29.3 Å². The van der Waals surface area contributed by atoms with Gasteiger partial charge in [-0.15, -0.1) is 0 Å². The largest absolute Gasteiger partial charge is 0.383 e. The Labute approximate surface area is 106 Å². The molecule has 0 aromatic heterocycles. The number of carbonyl (C=O) groups excluding carboxylic acids is 1. The zero-order chi connectivity index (χ0) is 13.4. The highest BCUT2D eigenvalue weighted by Gasteiger charge is 2.00. The summed E-state index contributed by atoms with van der Waals surface area (Å²) in [6, 6.07) is 6.99. The van der Waals surface area contributed by atoms with Gasteiger partial charge in [0.1, 0.15) is 0 Å². The van der Waals surface area contributed by atoms with Crippen molar-refractivity contribution in [1.29, 1.82) is 0 Å². The predicted octanol–water partition coefficient (Wildman–Crippen LogP) is -0.164. The molecular formula is C12H18N4O2. The van der Waals surface area contributed by atoms with E-state index in [2.05, 4.69) is 10.3 Å². The first kappa shape index (κ1) is 14.0. The number of primary amides is 1. The van der Waals surface area contributed by atoms with Crippen LogP contribution in [0, 0.1) is 0 Å². The molecule has 0 aliphatic rings. The van der Waals surface area contributed by atoms with Crippen molar-refractivity contribution in [2.75, 3.05) is 20.3 Å². The second-order valence-corrected chi connectivity index (χ2v) is 3.69. The van der Waals surface area contributed by atoms with Crippen LogP contribution in [0.5, 0.6) is 0 Å². The lowest BCUT2D eigenvalue weighted by atomic mass is 10.1. The summed E-state index contributed by atoms with van der Waals surface area (Å²) >= 11 is 0. The van der Waals surface area contributed by atoms with Crippen LogP contribution in [0.1, 0.15) is 15.9 Å². The van der Waals surface area contributed by atoms with Gasteiger partial charge in [-0.3, -0.25) is 4.79 Å². The van der Waals surface area contributed by atoms with Crippen LogP contribution >= 0.6 is 0 Å². The Balaban J connectivity index is 2.54. The third-order valence-electron chi connectivity index (χ3n) is 2.26. The third kappa shape index (κ3) is 4.84. The van der Waals surface area contributed by atoms with Crippen molar-refractivity contribution in [2.45, 2.75) is 6.54 Å². The highest BCUT2D eigenvalue weighted by molar-refractivity contribution is 5.92. The summed E-state index contributed by atoms with van der Waals surface area (Å²) in [6.45, 7) is 1.56. The number of amides is 1. The molecule has 1 aromatic rings. The molecule has 6 heteroatoms. The summed E-state index contributed by atoms with van der Waals surface area (Å²) in [4.78, 5) is 15.1. The van der Waals surface area contributed by atoms with Gasteiger partial charge >= 0.3 is 0 Å². The first-order valence-electron chi connectivity index (χ1n) is 5.55. The standard InChI is InChI=1S/C12H18N4O2/c1-18-6-5-15-12(14)16-8-9-3-2-4-10(7-9)11(13)17/h2-4,7H,5-6,8H2,1H3,(H2,13,17)(H3,14,15,16). The molecule has 0 radical (unpaired) electrons. The fourth-order valence-corrected chi connectivity index (χ4v) is 1.34. The molecule has 0 unspecified atom stereocenters. The van der Waals surface area contributed by atoms with E-state index in [1.165, 1.54) is 0 Å². The van der Waals surface area contributed by atoms with E-state index in [9.17, 15) is 4.79 Å². The highest BCUT2D eigenvalue weighted by atomic mass is 16.5. The monoisotopic (exact) mass is 250 g/mol. The zero-order valence-corrected chi connectivity index (χ0v) is 10.3. The molecule has 0 saturated heterocycles. The number of carbonyl (C=O) groups is 1. The Morgan fingerprint density at radius 1 is 1.44 bits per heavy atom. The molecule has 0 heterocycles. The van der Waals surface area contributed by atoms with E-state index >= 15 is 0 Å². The molecule has 18 heavy (non-hydrogen) atoms. The number of nitrogens with one attached hydrogen (secondary N) is 1. The van der Waals surface area contributed by atoms with Gasteiger partial charge in [0.05, 0.1) is 13.2 Å². The average Bonchev–Trinajstić information content (AvgIpc) is 2.37. The van der Waals surface area contributed by atoms with Crippen LogP contribution in [-0.2, 0) is 11.3 Å². The second kappa shape index (κ2) is 7.29. The van der Waals surface area contributed by atoms with Gasteiger partial charge in [-0.1, -0.05) is 12.1 Å². The van der Waals surface area contributed by atoms with Gasteiger partial charge in [0, 0.05) is 19.2 Å². The van der Waals surface area contributed by atoms with Crippen molar-refractivity contribution in [3.05, 3.63) is 35.4 Å². The number of benzene rings is 1. The first-order chi connectivity index (χ1) is 8.63. The van der Waals surface area contributed by atoms with Crippen molar-refractivity contribution >= 4 is 11.9 Å². The molecule has 0 aliphatic carbocycles. The highest BCUT2D eigenvalue weighted by Crippen LogP contribution is 2.05. The molecule has 0 saturated carbocycles. The Morgan fingerprint density at radius 2 is 2.22 bits per heavy atom. The molecule has 0 aliphatic heterocycles. The van der Waals surface area contributed by atoms with E-state index < -0.39 is 5.91 Å². The van der Waals surface area contributed by atoms with E-state index in [-0.39, 0.29) is 0 Å². The maximum absolute atomic E-state index is 11.0. The molecule has 0 bridgehead atoms. The summed E-state index contributed by atoms with van der Waals surface area (Å²) < 4.78 is 4.87. The van der Waals surface area contributed by atoms with E-state index in [1.807, 2.05) is 6.07 Å². The number of hydrogen-bond acceptors (Lipinski definition) is 3. The number of rotatable bonds is 6. The molecule has 1 rings (SSSR count). The minimum Gasteiger partial charge on any atom is -0.383 e. The lowest BCUT2D eigenvalue weighted by molar-refractivity contribution is 0.1000. The van der Waals surface area contributed by atoms with Gasteiger partial charge in [0.25, 0.3) is 0 Å². The van der Waals surface area contributed by atoms with Crippen LogP contribution in [0.2, 0.25) is 0 Å². The summed E-state index contributed by atoms with van der Waals surface area (Å²) in [6.07, 6.45) is 0. The fraction of sp³-hybridized carbons (Fsp3) is 0.333. The lowest BCUT2D eigenvalue weighted by Crippen LogP contribution is -2.34. The molecular weight excluding hydrogens is 232 g/mol. The number of guanidine groups is 1. The lowest BCUT2D eigenvalue weighted by Gasteiger charge is -2.05. The topological polar surface area (TPSA) is 103 Å². The van der Waals surface area contributed by atoms with Crippen molar-refractivity contribution in [3.8, 4) is 0 Å². The van der Waals surface area contributed by atoms with Crippen LogP contribution < -0.4 is 16.8 Å². The summed E-state index contributed by atoms with van der Waals surface area (Å²) in [5.41, 5.74) is 12.2. The van der Waals surface area contributed by atoms with E-state index in [0.29, 0.717) is 31.2 Å². The number of methoxy groups -OCH3 is 1. The van der Waals surface area contributed by atoms with Crippen molar-refractivity contribution in [1.82, 2.24) is 5.32 Å². The fourth-order valence-electron chi connectivity index (χ4n) is 1.34. The van der Waals surface area contributed by atoms with Gasteiger partial charge in [-0.25, -0.2) is 4.99 Å². The molecule has 1 aromatic carbocycles. The third-order valence-corrected chi connectivity index (χ3v) is 2.26. The number of nitrogens with two attached hydrogens (primary N) is 2. The van der Waals surface area contributed by atoms with E-state index in [4.69, 9.17) is 16.2 Å². The van der Waals surface area contributed by atoms with Crippen molar-refractivity contribution < 1.29 is 9.53 Å². The SMILES string of the molecule is COCCNC(N)=NCc1cccc(C(N)=O)c1. The van der Waals surface area contributed by atoms with Crippen molar-refractivity contribution in [3.63, 3.8) is 0 Å². The Hall–Kier alpha value is -2.08. The van der Waals surface area contributed by atoms with Crippen molar-refractivity contribution in [2.24, 2.45) is 16.5 Å². The quantitative estimate of drug-likeness (QED) is 0.370. The smallest absolute Gasteiger partial charge is 0.248 e. The van der Waals surface area contributed by atoms with Gasteiger partial charge in [-0.05, 0) is 17.7 Å². The minimum absolute atomic E-state index is 0.344. The summed E-state index contributed by atoms with van der Waals surface area (Å²) in [5, 5.41) is 2.90. The normalized spacial score (nSPS) is 11.3. The van der Waals surface area contributed by atoms with Gasteiger partial charge < -0.3 is 21.5 Å². The number of hydrogen-bond donors (Lipinski definition) is 3. The van der Waals surface area contributed by atoms with E-state index in [1.54, 1.807) is 25.3 Å². The average molecular weight is 250 g/mol. The molecule has 98 valence electrons. The first-order valence-corrected chi connectivity index (χ1v) is 5.55.